The highest BCUT2D eigenvalue weighted by molar-refractivity contribution is 6.11. The lowest BCUT2D eigenvalue weighted by molar-refractivity contribution is 0.0889. The molecule has 0 bridgehead atoms. The molecule has 188 valence electrons. The fraction of sp³-hybridized carbons (Fsp3) is 0.286. The van der Waals surface area contributed by atoms with Crippen molar-refractivity contribution < 1.29 is 19.0 Å². The predicted molar refractivity (Wildman–Crippen MR) is 141 cm³/mol. The number of nitrogen functional groups attached to an aromatic ring is 1. The number of carbonyl (C=O) groups excluding carboxylic acids is 1. The van der Waals surface area contributed by atoms with Crippen molar-refractivity contribution >= 4 is 23.1 Å². The molecular formula is C28H32N4O4. The quantitative estimate of drug-likeness (QED) is 0.171. The monoisotopic (exact) mass is 488 g/mol. The van der Waals surface area contributed by atoms with Gasteiger partial charge in [-0.25, -0.2) is 0 Å². The van der Waals surface area contributed by atoms with Gasteiger partial charge in [0, 0.05) is 47.8 Å². The van der Waals surface area contributed by atoms with Gasteiger partial charge in [0.25, 0.3) is 5.91 Å². The van der Waals surface area contributed by atoms with Crippen LogP contribution in [0, 0.1) is 0 Å². The van der Waals surface area contributed by atoms with Crippen LogP contribution in [0.4, 0.5) is 11.4 Å². The maximum Gasteiger partial charge on any atom is 0.278 e. The minimum absolute atomic E-state index is 0.0552. The maximum absolute atomic E-state index is 12.6. The van der Waals surface area contributed by atoms with Crippen molar-refractivity contribution in [3.63, 3.8) is 0 Å². The van der Waals surface area contributed by atoms with Gasteiger partial charge in [0.15, 0.2) is 0 Å². The zero-order valence-corrected chi connectivity index (χ0v) is 20.2. The van der Waals surface area contributed by atoms with Crippen LogP contribution >= 0.6 is 0 Å². The normalized spacial score (nSPS) is 14.4. The fourth-order valence-electron chi connectivity index (χ4n) is 3.87. The predicted octanol–water partition coefficient (Wildman–Crippen LogP) is 4.00. The van der Waals surface area contributed by atoms with Gasteiger partial charge in [-0.2, -0.15) is 4.99 Å². The Morgan fingerprint density at radius 1 is 1.00 bits per heavy atom. The highest BCUT2D eigenvalue weighted by Gasteiger charge is 2.14. The number of hydrogen-bond acceptors (Lipinski definition) is 6. The third kappa shape index (κ3) is 7.31. The Labute approximate surface area is 211 Å². The lowest BCUT2D eigenvalue weighted by atomic mass is 10.1. The fourth-order valence-corrected chi connectivity index (χ4v) is 3.87. The molecule has 0 radical (unpaired) electrons. The largest absolute Gasteiger partial charge is 0.491 e. The third-order valence-corrected chi connectivity index (χ3v) is 5.85. The Morgan fingerprint density at radius 3 is 2.47 bits per heavy atom. The topological polar surface area (TPSA) is 121 Å². The van der Waals surface area contributed by atoms with Gasteiger partial charge in [0.2, 0.25) is 0 Å². The van der Waals surface area contributed by atoms with E-state index >= 15 is 0 Å². The molecule has 1 fully saturated rings. The molecule has 1 aliphatic heterocycles. The number of aliphatic imine (C=N–C) groups is 1. The number of ether oxygens (including phenoxy) is 3. The number of benzene rings is 3. The molecule has 3 aromatic rings. The summed E-state index contributed by atoms with van der Waals surface area (Å²) in [4.78, 5) is 16.7. The van der Waals surface area contributed by atoms with E-state index in [0.29, 0.717) is 48.4 Å². The van der Waals surface area contributed by atoms with Gasteiger partial charge in [0.05, 0.1) is 13.2 Å². The van der Waals surface area contributed by atoms with Gasteiger partial charge >= 0.3 is 0 Å². The third-order valence-electron chi connectivity index (χ3n) is 5.85. The summed E-state index contributed by atoms with van der Waals surface area (Å²) < 4.78 is 16.7. The van der Waals surface area contributed by atoms with E-state index in [4.69, 9.17) is 25.7 Å². The lowest BCUT2D eigenvalue weighted by Crippen LogP contribution is -2.27. The van der Waals surface area contributed by atoms with E-state index in [2.05, 4.69) is 10.3 Å². The summed E-state index contributed by atoms with van der Waals surface area (Å²) in [7, 11) is 0. The van der Waals surface area contributed by atoms with Crippen molar-refractivity contribution in [2.24, 2.45) is 10.7 Å². The second-order valence-corrected chi connectivity index (χ2v) is 8.55. The number of amidine groups is 1. The average Bonchev–Trinajstić information content (AvgIpc) is 2.90. The van der Waals surface area contributed by atoms with E-state index in [1.54, 1.807) is 30.3 Å². The maximum atomic E-state index is 12.6. The van der Waals surface area contributed by atoms with E-state index in [1.807, 2.05) is 42.5 Å². The summed E-state index contributed by atoms with van der Waals surface area (Å²) in [6.45, 7) is 2.88. The van der Waals surface area contributed by atoms with Crippen molar-refractivity contribution in [2.45, 2.75) is 25.5 Å². The van der Waals surface area contributed by atoms with Gasteiger partial charge in [-0.15, -0.1) is 0 Å². The first kappa shape index (κ1) is 25.2. The number of nitrogens with zero attached hydrogens (tertiary/aromatic N) is 1. The molecule has 4 rings (SSSR count). The van der Waals surface area contributed by atoms with Crippen molar-refractivity contribution in [3.05, 3.63) is 89.5 Å². The SMILES string of the molecule is NC(=NC(=O)c1ccc(NC2CCOCC2)cc1)c1ccc(OCCOCc2ccccc2)cc1N. The molecule has 8 nitrogen and oxygen atoms in total. The summed E-state index contributed by atoms with van der Waals surface area (Å²) >= 11 is 0. The van der Waals surface area contributed by atoms with Crippen LogP contribution in [0.2, 0.25) is 0 Å². The molecule has 0 aromatic heterocycles. The first-order valence-electron chi connectivity index (χ1n) is 12.1. The van der Waals surface area contributed by atoms with E-state index < -0.39 is 5.91 Å². The molecule has 0 spiro atoms. The Kier molecular flexibility index (Phi) is 8.91. The van der Waals surface area contributed by atoms with Crippen molar-refractivity contribution in [2.75, 3.05) is 37.5 Å². The van der Waals surface area contributed by atoms with Crippen LogP contribution in [0.25, 0.3) is 0 Å². The minimum atomic E-state index is -0.430. The Morgan fingerprint density at radius 2 is 1.75 bits per heavy atom. The number of nitrogens with two attached hydrogens (primary N) is 2. The van der Waals surface area contributed by atoms with Gasteiger partial charge in [-0.1, -0.05) is 30.3 Å². The standard InChI is InChI=1S/C28H32N4O4/c29-26-18-24(36-17-16-35-19-20-4-2-1-3-5-20)10-11-25(26)27(30)32-28(33)21-6-8-22(9-7-21)31-23-12-14-34-15-13-23/h1-11,18,23,31H,12-17,19,29H2,(H2,30,32,33). The van der Waals surface area contributed by atoms with Gasteiger partial charge in [-0.05, 0) is 54.8 Å². The van der Waals surface area contributed by atoms with Crippen LogP contribution in [0.3, 0.4) is 0 Å². The summed E-state index contributed by atoms with van der Waals surface area (Å²) in [5, 5.41) is 3.47. The van der Waals surface area contributed by atoms with Crippen molar-refractivity contribution in [3.8, 4) is 5.75 Å². The summed E-state index contributed by atoms with van der Waals surface area (Å²) in [6, 6.07) is 22.7. The van der Waals surface area contributed by atoms with Crippen LogP contribution in [-0.2, 0) is 16.1 Å². The molecule has 8 heteroatoms. The number of anilines is 2. The number of amides is 1. The van der Waals surface area contributed by atoms with E-state index in [9.17, 15) is 4.79 Å². The second kappa shape index (κ2) is 12.7. The van der Waals surface area contributed by atoms with Crippen LogP contribution in [0.1, 0.15) is 34.3 Å². The van der Waals surface area contributed by atoms with Crippen molar-refractivity contribution in [1.82, 2.24) is 0 Å². The van der Waals surface area contributed by atoms with Crippen LogP contribution in [0.15, 0.2) is 77.8 Å². The molecular weight excluding hydrogens is 456 g/mol. The Hall–Kier alpha value is -3.88. The molecule has 5 N–H and O–H groups in total. The highest BCUT2D eigenvalue weighted by Crippen LogP contribution is 2.21. The number of carbonyl (C=O) groups is 1. The zero-order valence-electron chi connectivity index (χ0n) is 20.2. The van der Waals surface area contributed by atoms with Gasteiger partial charge in [0.1, 0.15) is 18.2 Å². The summed E-state index contributed by atoms with van der Waals surface area (Å²) in [5.41, 5.74) is 15.6. The number of rotatable bonds is 10. The van der Waals surface area contributed by atoms with E-state index in [0.717, 1.165) is 37.3 Å². The molecule has 1 saturated heterocycles. The first-order chi connectivity index (χ1) is 17.6. The lowest BCUT2D eigenvalue weighted by Gasteiger charge is -2.24. The number of hydrogen-bond donors (Lipinski definition) is 3. The van der Waals surface area contributed by atoms with Gasteiger partial charge < -0.3 is 31.0 Å². The zero-order chi connectivity index (χ0) is 25.2. The Bertz CT molecular complexity index is 1160. The smallest absolute Gasteiger partial charge is 0.278 e. The second-order valence-electron chi connectivity index (χ2n) is 8.55. The molecule has 1 aliphatic rings. The molecule has 3 aromatic carbocycles. The minimum Gasteiger partial charge on any atom is -0.491 e. The van der Waals surface area contributed by atoms with E-state index in [-0.39, 0.29) is 5.84 Å². The van der Waals surface area contributed by atoms with Crippen LogP contribution < -0.4 is 21.5 Å². The van der Waals surface area contributed by atoms with Crippen LogP contribution in [0.5, 0.6) is 5.75 Å². The first-order valence-corrected chi connectivity index (χ1v) is 12.1. The molecule has 0 saturated carbocycles. The van der Waals surface area contributed by atoms with Crippen molar-refractivity contribution in [1.29, 1.82) is 0 Å². The molecule has 1 heterocycles. The van der Waals surface area contributed by atoms with Crippen LogP contribution in [-0.4, -0.2) is 44.2 Å². The van der Waals surface area contributed by atoms with Gasteiger partial charge in [-0.3, -0.25) is 4.79 Å². The van der Waals surface area contributed by atoms with E-state index in [1.165, 1.54) is 0 Å². The number of nitrogens with one attached hydrogen (secondary N) is 1. The molecule has 36 heavy (non-hydrogen) atoms. The average molecular weight is 489 g/mol. The molecule has 1 amide bonds. The molecule has 0 atom stereocenters. The summed E-state index contributed by atoms with van der Waals surface area (Å²) in [5.74, 6) is 0.214. The molecule has 0 unspecified atom stereocenters. The summed E-state index contributed by atoms with van der Waals surface area (Å²) in [6.07, 6.45) is 1.93. The molecule has 0 aliphatic carbocycles. The highest BCUT2D eigenvalue weighted by atomic mass is 16.5. The Balaban J connectivity index is 1.27.